The van der Waals surface area contributed by atoms with E-state index in [2.05, 4.69) is 10.1 Å². The molecule has 0 saturated heterocycles. The van der Waals surface area contributed by atoms with Crippen LogP contribution in [-0.2, 0) is 6.18 Å². The summed E-state index contributed by atoms with van der Waals surface area (Å²) < 4.78 is 40.0. The molecule has 148 valence electrons. The number of hydrogen-bond donors (Lipinski definition) is 1. The second kappa shape index (κ2) is 6.62. The molecule has 0 bridgehead atoms. The van der Waals surface area contributed by atoms with Gasteiger partial charge in [0.2, 0.25) is 0 Å². The normalized spacial score (nSPS) is 11.9. The smallest absolute Gasteiger partial charge is 0.293 e. The van der Waals surface area contributed by atoms with Gasteiger partial charge in [-0.1, -0.05) is 42.0 Å². The van der Waals surface area contributed by atoms with Crippen LogP contribution in [-0.4, -0.2) is 14.6 Å². The van der Waals surface area contributed by atoms with Gasteiger partial charge in [0.25, 0.3) is 5.56 Å². The Morgan fingerprint density at radius 3 is 2.07 bits per heavy atom. The van der Waals surface area contributed by atoms with Gasteiger partial charge in [0, 0.05) is 22.4 Å². The lowest BCUT2D eigenvalue weighted by molar-refractivity contribution is -0.137. The van der Waals surface area contributed by atoms with Crippen LogP contribution >= 0.6 is 0 Å². The van der Waals surface area contributed by atoms with Crippen LogP contribution in [0.5, 0.6) is 0 Å². The highest BCUT2D eigenvalue weighted by Gasteiger charge is 2.30. The van der Waals surface area contributed by atoms with Gasteiger partial charge in [0.05, 0.1) is 11.3 Å². The molecule has 0 radical (unpaired) electrons. The molecule has 4 nitrogen and oxygen atoms in total. The molecular weight excluding hydrogens is 379 g/mol. The van der Waals surface area contributed by atoms with Gasteiger partial charge in [-0.2, -0.15) is 13.2 Å². The zero-order valence-corrected chi connectivity index (χ0v) is 16.1. The predicted octanol–water partition coefficient (Wildman–Crippen LogP) is 5.30. The van der Waals surface area contributed by atoms with E-state index in [0.717, 1.165) is 34.5 Å². The van der Waals surface area contributed by atoms with E-state index in [9.17, 15) is 18.0 Å². The highest BCUT2D eigenvalue weighted by Crippen LogP contribution is 2.32. The molecule has 29 heavy (non-hydrogen) atoms. The first-order valence-electron chi connectivity index (χ1n) is 9.03. The van der Waals surface area contributed by atoms with Crippen molar-refractivity contribution in [3.05, 3.63) is 81.3 Å². The number of aromatic amines is 1. The molecule has 7 heteroatoms. The second-order valence-electron chi connectivity index (χ2n) is 7.10. The number of fused-ring (bicyclic) bond motifs is 1. The Hall–Kier alpha value is -3.35. The largest absolute Gasteiger partial charge is 0.416 e. The topological polar surface area (TPSA) is 50.2 Å². The summed E-state index contributed by atoms with van der Waals surface area (Å²) in [6.45, 7) is 5.47. The Kier molecular flexibility index (Phi) is 4.33. The Labute approximate surface area is 164 Å². The van der Waals surface area contributed by atoms with Crippen LogP contribution < -0.4 is 5.56 Å². The van der Waals surface area contributed by atoms with Crippen LogP contribution in [0, 0.1) is 20.8 Å². The first-order chi connectivity index (χ1) is 13.7. The number of hydrogen-bond acceptors (Lipinski definition) is 2. The molecule has 0 aliphatic rings. The Morgan fingerprint density at radius 2 is 1.48 bits per heavy atom. The quantitative estimate of drug-likeness (QED) is 0.499. The third-order valence-electron chi connectivity index (χ3n) is 5.01. The lowest BCUT2D eigenvalue weighted by atomic mass is 10.0. The Balaban J connectivity index is 1.94. The molecule has 2 aromatic heterocycles. The lowest BCUT2D eigenvalue weighted by Gasteiger charge is -2.09. The highest BCUT2D eigenvalue weighted by molar-refractivity contribution is 5.81. The molecule has 2 heterocycles. The van der Waals surface area contributed by atoms with E-state index in [-0.39, 0.29) is 5.56 Å². The van der Waals surface area contributed by atoms with Crippen LogP contribution in [0.2, 0.25) is 0 Å². The number of nitrogens with one attached hydrogen (secondary N) is 1. The van der Waals surface area contributed by atoms with E-state index in [0.29, 0.717) is 22.5 Å². The molecule has 1 N–H and O–H groups in total. The number of aryl methyl sites for hydroxylation is 2. The summed E-state index contributed by atoms with van der Waals surface area (Å²) in [6, 6.07) is 12.6. The number of nitrogens with zero attached hydrogens (tertiary/aromatic N) is 2. The highest BCUT2D eigenvalue weighted by atomic mass is 19.4. The van der Waals surface area contributed by atoms with Gasteiger partial charge in [0.1, 0.15) is 0 Å². The van der Waals surface area contributed by atoms with Crippen LogP contribution in [0.3, 0.4) is 0 Å². The maximum atomic E-state index is 12.9. The standard InChI is InChI=1S/C22H18F3N3O/c1-12-4-6-15(7-5-12)18-14(3)27-28-20(18)26-19(13(2)21(28)29)16-8-10-17(11-9-16)22(23,24)25/h4-11,27H,1-3H3. The van der Waals surface area contributed by atoms with Gasteiger partial charge >= 0.3 is 6.18 Å². The Bertz CT molecular complexity index is 1260. The zero-order valence-electron chi connectivity index (χ0n) is 16.1. The number of rotatable bonds is 2. The minimum absolute atomic E-state index is 0.286. The van der Waals surface area contributed by atoms with Crippen LogP contribution in [0.15, 0.2) is 53.3 Å². The van der Waals surface area contributed by atoms with Crippen molar-refractivity contribution in [1.29, 1.82) is 0 Å². The summed E-state index contributed by atoms with van der Waals surface area (Å²) >= 11 is 0. The fourth-order valence-electron chi connectivity index (χ4n) is 3.43. The molecule has 0 aliphatic carbocycles. The van der Waals surface area contributed by atoms with Gasteiger partial charge < -0.3 is 0 Å². The van der Waals surface area contributed by atoms with E-state index in [4.69, 9.17) is 0 Å². The van der Waals surface area contributed by atoms with Crippen molar-refractivity contribution in [2.24, 2.45) is 0 Å². The average molecular weight is 397 g/mol. The predicted molar refractivity (Wildman–Crippen MR) is 106 cm³/mol. The van der Waals surface area contributed by atoms with Gasteiger partial charge in [-0.15, -0.1) is 0 Å². The van der Waals surface area contributed by atoms with E-state index in [1.165, 1.54) is 16.6 Å². The maximum Gasteiger partial charge on any atom is 0.416 e. The minimum Gasteiger partial charge on any atom is -0.293 e. The fourth-order valence-corrected chi connectivity index (χ4v) is 3.43. The molecule has 0 unspecified atom stereocenters. The zero-order chi connectivity index (χ0) is 20.9. The van der Waals surface area contributed by atoms with Gasteiger partial charge in [0.15, 0.2) is 5.65 Å². The maximum absolute atomic E-state index is 12.9. The molecule has 0 spiro atoms. The Morgan fingerprint density at radius 1 is 0.897 bits per heavy atom. The van der Waals surface area contributed by atoms with Crippen LogP contribution in [0.25, 0.3) is 28.0 Å². The SMILES string of the molecule is Cc1ccc(-c2c(C)[nH]n3c(=O)c(C)c(-c4ccc(C(F)(F)F)cc4)nc23)cc1. The fraction of sp³-hybridized carbons (Fsp3) is 0.182. The first kappa shape index (κ1) is 19.0. The molecule has 2 aromatic carbocycles. The lowest BCUT2D eigenvalue weighted by Crippen LogP contribution is -2.19. The van der Waals surface area contributed by atoms with Crippen LogP contribution in [0.1, 0.15) is 22.4 Å². The number of halogens is 3. The third-order valence-corrected chi connectivity index (χ3v) is 5.01. The van der Waals surface area contributed by atoms with Crippen molar-refractivity contribution < 1.29 is 13.2 Å². The van der Waals surface area contributed by atoms with Crippen molar-refractivity contribution >= 4 is 5.65 Å². The van der Waals surface area contributed by atoms with Crippen molar-refractivity contribution in [3.63, 3.8) is 0 Å². The summed E-state index contributed by atoms with van der Waals surface area (Å²) in [4.78, 5) is 17.6. The van der Waals surface area contributed by atoms with Crippen molar-refractivity contribution in [1.82, 2.24) is 14.6 Å². The van der Waals surface area contributed by atoms with E-state index < -0.39 is 11.7 Å². The third kappa shape index (κ3) is 3.22. The average Bonchev–Trinajstić information content (AvgIpc) is 3.01. The summed E-state index contributed by atoms with van der Waals surface area (Å²) in [5.41, 5.74) is 4.19. The van der Waals surface area contributed by atoms with Gasteiger partial charge in [-0.25, -0.2) is 9.50 Å². The summed E-state index contributed by atoms with van der Waals surface area (Å²) in [6.07, 6.45) is -4.42. The van der Waals surface area contributed by atoms with Crippen molar-refractivity contribution in [3.8, 4) is 22.4 Å². The van der Waals surface area contributed by atoms with E-state index in [1.807, 2.05) is 38.1 Å². The number of H-pyrrole nitrogens is 1. The number of benzene rings is 2. The van der Waals surface area contributed by atoms with Crippen molar-refractivity contribution in [2.75, 3.05) is 0 Å². The summed E-state index contributed by atoms with van der Waals surface area (Å²) in [7, 11) is 0. The minimum atomic E-state index is -4.42. The van der Waals surface area contributed by atoms with Crippen molar-refractivity contribution in [2.45, 2.75) is 26.9 Å². The van der Waals surface area contributed by atoms with Gasteiger partial charge in [-0.3, -0.25) is 9.89 Å². The van der Waals surface area contributed by atoms with E-state index in [1.54, 1.807) is 6.92 Å². The molecule has 0 atom stereocenters. The molecule has 0 aliphatic heterocycles. The molecule has 4 aromatic rings. The second-order valence-corrected chi connectivity index (χ2v) is 7.10. The summed E-state index contributed by atoms with van der Waals surface area (Å²) in [5, 5.41) is 3.05. The molecule has 4 rings (SSSR count). The molecule has 0 saturated carbocycles. The number of alkyl halides is 3. The molecular formula is C22H18F3N3O. The van der Waals surface area contributed by atoms with Gasteiger partial charge in [-0.05, 0) is 38.5 Å². The first-order valence-corrected chi connectivity index (χ1v) is 9.03. The van der Waals surface area contributed by atoms with E-state index >= 15 is 0 Å². The number of aromatic nitrogens is 3. The molecule has 0 amide bonds. The monoisotopic (exact) mass is 397 g/mol. The van der Waals surface area contributed by atoms with Crippen LogP contribution in [0.4, 0.5) is 13.2 Å². The molecule has 0 fully saturated rings. The summed E-state index contributed by atoms with van der Waals surface area (Å²) in [5.74, 6) is 0.